The first-order chi connectivity index (χ1) is 19.5. The third-order valence-electron chi connectivity index (χ3n) is 8.91. The third kappa shape index (κ3) is 4.67. The van der Waals surface area contributed by atoms with Gasteiger partial charge in [0.25, 0.3) is 0 Å². The molecule has 0 fully saturated rings. The van der Waals surface area contributed by atoms with E-state index in [4.69, 9.17) is 19.9 Å². The first-order valence-electron chi connectivity index (χ1n) is 14.1. The van der Waals surface area contributed by atoms with E-state index in [9.17, 15) is 20.1 Å². The van der Waals surface area contributed by atoms with E-state index in [-0.39, 0.29) is 47.1 Å². The standard InChI is InChI=1S/C33H35N4O4.Mg/c1-7-19-14(2)22-13-27-30(18(6)38)16(4)24(35-27)11-23-15(3)20(8-9-29(40)41)32(36-23)21-10-28(39)31-17(5)25(37-33(21)31)12-26(19)34-22;/h10-13,15,18,20,38H,7-9H2,1-6H3,(H3-,34,35,36,37,39,40,41);/q-1;+2/p-3/t15-,18+,20-;/m0./s1. The molecule has 6 rings (SSSR count). The van der Waals surface area contributed by atoms with E-state index in [0.29, 0.717) is 45.3 Å². The van der Waals surface area contributed by atoms with E-state index in [0.717, 1.165) is 51.3 Å². The molecule has 3 aromatic heterocycles. The fraction of sp³-hybridized carbons (Fsp3) is 0.364. The van der Waals surface area contributed by atoms with Gasteiger partial charge in [-0.15, -0.1) is 27.8 Å². The summed E-state index contributed by atoms with van der Waals surface area (Å²) in [6.07, 6.45) is 1.82. The summed E-state index contributed by atoms with van der Waals surface area (Å²) < 4.78 is 0. The molecule has 0 saturated heterocycles. The van der Waals surface area contributed by atoms with Gasteiger partial charge in [-0.1, -0.05) is 49.2 Å². The van der Waals surface area contributed by atoms with Crippen LogP contribution in [0.4, 0.5) is 0 Å². The van der Waals surface area contributed by atoms with Crippen LogP contribution in [0.15, 0.2) is 18.2 Å². The Morgan fingerprint density at radius 3 is 2.40 bits per heavy atom. The van der Waals surface area contributed by atoms with E-state index in [1.54, 1.807) is 13.0 Å². The topological polar surface area (TPSA) is 137 Å². The smallest absolute Gasteiger partial charge is 0.872 e. The minimum atomic E-state index is -1.12. The summed E-state index contributed by atoms with van der Waals surface area (Å²) in [5.41, 5.74) is 11.3. The van der Waals surface area contributed by atoms with Gasteiger partial charge in [0.05, 0.1) is 23.2 Å². The molecule has 3 atom stereocenters. The van der Waals surface area contributed by atoms with Crippen LogP contribution >= 0.6 is 0 Å². The number of aryl methyl sites for hydroxylation is 2. The van der Waals surface area contributed by atoms with Crippen LogP contribution < -0.4 is 20.2 Å². The molecule has 8 nitrogen and oxygen atoms in total. The molecule has 2 aliphatic heterocycles. The largest absolute Gasteiger partial charge is 2.00 e. The first-order valence-corrected chi connectivity index (χ1v) is 14.1. The van der Waals surface area contributed by atoms with E-state index in [2.05, 4.69) is 6.92 Å². The van der Waals surface area contributed by atoms with Gasteiger partial charge in [0.2, 0.25) is 0 Å². The molecule has 0 saturated carbocycles. The number of hydrogen-bond acceptors (Lipinski definition) is 6. The minimum Gasteiger partial charge on any atom is -0.872 e. The van der Waals surface area contributed by atoms with Crippen molar-refractivity contribution in [3.63, 3.8) is 0 Å². The molecule has 0 unspecified atom stereocenters. The molecule has 0 amide bonds. The summed E-state index contributed by atoms with van der Waals surface area (Å²) in [7, 11) is 0. The number of aliphatic carboxylic acids is 1. The number of aliphatic hydroxyl groups excluding tert-OH is 1. The van der Waals surface area contributed by atoms with Crippen molar-refractivity contribution in [2.75, 3.05) is 0 Å². The second kappa shape index (κ2) is 11.0. The van der Waals surface area contributed by atoms with Gasteiger partial charge in [0.15, 0.2) is 0 Å². The van der Waals surface area contributed by atoms with Crippen LogP contribution in [0.1, 0.15) is 115 Å². The Bertz CT molecular complexity index is 1860. The maximum atomic E-state index is 13.3. The van der Waals surface area contributed by atoms with Crippen molar-refractivity contribution in [3.05, 3.63) is 68.8 Å². The van der Waals surface area contributed by atoms with Gasteiger partial charge in [-0.25, -0.2) is 4.98 Å². The Balaban J connectivity index is 0.00000353. The number of carboxylic acids is 1. The molecule has 3 aliphatic rings. The predicted octanol–water partition coefficient (Wildman–Crippen LogP) is 3.79. The van der Waals surface area contributed by atoms with Crippen molar-refractivity contribution in [1.29, 1.82) is 0 Å². The van der Waals surface area contributed by atoms with Gasteiger partial charge in [-0.05, 0) is 74.8 Å². The molecule has 212 valence electrons. The number of carboxylic acid groups (broad SMARTS) is 1. The number of aromatic nitrogens is 4. The number of rotatable bonds is 5. The molecular formula is C33H32MgN4O4-2. The predicted molar refractivity (Wildman–Crippen MR) is 161 cm³/mol. The summed E-state index contributed by atoms with van der Waals surface area (Å²) in [4.78, 5) is 31.3. The number of carbonyl (C=O) groups is 1. The van der Waals surface area contributed by atoms with Crippen LogP contribution in [0.25, 0.3) is 45.0 Å². The average Bonchev–Trinajstić information content (AvgIpc) is 3.65. The Labute approximate surface area is 260 Å². The minimum absolute atomic E-state index is 0. The zero-order valence-electron chi connectivity index (χ0n) is 24.8. The second-order valence-corrected chi connectivity index (χ2v) is 11.4. The zero-order chi connectivity index (χ0) is 29.3. The fourth-order valence-electron chi connectivity index (χ4n) is 6.64. The Morgan fingerprint density at radius 1 is 1.05 bits per heavy atom. The monoisotopic (exact) mass is 572 g/mol. The van der Waals surface area contributed by atoms with Crippen LogP contribution in [0.5, 0.6) is 0 Å². The molecule has 42 heavy (non-hydrogen) atoms. The number of hydrogen-bond donors (Lipinski definition) is 1. The Hall–Kier alpha value is -3.40. The summed E-state index contributed by atoms with van der Waals surface area (Å²) >= 11 is 0. The summed E-state index contributed by atoms with van der Waals surface area (Å²) in [6.45, 7) is 11.7. The van der Waals surface area contributed by atoms with Crippen molar-refractivity contribution in [1.82, 2.24) is 19.9 Å². The van der Waals surface area contributed by atoms with Gasteiger partial charge < -0.3 is 30.1 Å². The van der Waals surface area contributed by atoms with Gasteiger partial charge in [0.1, 0.15) is 0 Å². The second-order valence-electron chi connectivity index (χ2n) is 11.4. The molecule has 3 aromatic rings. The molecule has 9 heteroatoms. The zero-order valence-corrected chi connectivity index (χ0v) is 26.2. The Morgan fingerprint density at radius 2 is 1.74 bits per heavy atom. The van der Waals surface area contributed by atoms with Gasteiger partial charge in [-0.3, -0.25) is 4.98 Å². The van der Waals surface area contributed by atoms with Crippen molar-refractivity contribution >= 4 is 74.1 Å². The van der Waals surface area contributed by atoms with Gasteiger partial charge in [-0.2, -0.15) is 0 Å². The number of aliphatic hydroxyl groups is 1. The van der Waals surface area contributed by atoms with Crippen molar-refractivity contribution in [2.45, 2.75) is 78.7 Å². The fourth-order valence-corrected chi connectivity index (χ4v) is 6.64. The number of carbonyl (C=O) groups excluding carboxylic acids is 1. The maximum absolute atomic E-state index is 13.3. The molecular weight excluding hydrogens is 541 g/mol. The molecule has 5 heterocycles. The van der Waals surface area contributed by atoms with E-state index in [1.165, 1.54) is 0 Å². The van der Waals surface area contributed by atoms with Crippen LogP contribution in [0.2, 0.25) is 0 Å². The molecule has 0 aromatic carbocycles. The summed E-state index contributed by atoms with van der Waals surface area (Å²) in [6, 6.07) is 5.79. The van der Waals surface area contributed by atoms with Crippen molar-refractivity contribution in [3.8, 4) is 0 Å². The third-order valence-corrected chi connectivity index (χ3v) is 8.91. The number of nitrogens with zero attached hydrogens (tertiary/aromatic N) is 4. The summed E-state index contributed by atoms with van der Waals surface area (Å²) in [5, 5.41) is 35.5. The average molecular weight is 573 g/mol. The first kappa shape index (κ1) is 30.1. The molecule has 1 aliphatic carbocycles. The van der Waals surface area contributed by atoms with E-state index >= 15 is 0 Å². The Kier molecular flexibility index (Phi) is 7.89. The normalized spacial score (nSPS) is 18.2. The van der Waals surface area contributed by atoms with Crippen molar-refractivity contribution < 1.29 is 20.1 Å². The molecule has 0 radical (unpaired) electrons. The molecule has 0 spiro atoms. The van der Waals surface area contributed by atoms with Gasteiger partial charge >= 0.3 is 23.1 Å². The van der Waals surface area contributed by atoms with Crippen LogP contribution in [0, 0.1) is 13.8 Å². The van der Waals surface area contributed by atoms with Gasteiger partial charge in [0, 0.05) is 23.5 Å². The maximum Gasteiger partial charge on any atom is 2.00 e. The van der Waals surface area contributed by atoms with Crippen LogP contribution in [-0.2, 0) is 4.79 Å². The number of allylic oxidation sites excluding steroid dienone is 2. The van der Waals surface area contributed by atoms with E-state index in [1.807, 2.05) is 45.9 Å². The quantitative estimate of drug-likeness (QED) is 0.456. The molecule has 1 N–H and O–H groups in total. The van der Waals surface area contributed by atoms with E-state index < -0.39 is 12.1 Å². The number of fused-ring (bicyclic) bond motifs is 8. The van der Waals surface area contributed by atoms with Crippen LogP contribution in [0.3, 0.4) is 0 Å². The summed E-state index contributed by atoms with van der Waals surface area (Å²) in [5.74, 6) is -1.62. The van der Waals surface area contributed by atoms with Crippen LogP contribution in [-0.4, -0.2) is 44.1 Å². The van der Waals surface area contributed by atoms with Crippen molar-refractivity contribution in [2.24, 2.45) is 0 Å². The SMILES string of the molecule is CCC1=C(C)c2cc3[n-]c(cc4nc(c5c6[n-]c(cc1n2)c(C)c6C([O-])=C5)[C@@H](CCC(=O)[O-])[C@@H]4C)c(C)c3[C@@H](C)O.[Mg+2]. The molecule has 8 bridgehead atoms.